The van der Waals surface area contributed by atoms with Crippen LogP contribution in [0.25, 0.3) is 0 Å². The fraction of sp³-hybridized carbons (Fsp3) is 0.923. The van der Waals surface area contributed by atoms with Gasteiger partial charge in [0.15, 0.2) is 0 Å². The normalized spacial score (nSPS) is 29.5. The molecule has 16 heavy (non-hydrogen) atoms. The molecule has 0 unspecified atom stereocenters. The molecule has 1 fully saturated rings. The van der Waals surface area contributed by atoms with Gasteiger partial charge in [-0.15, -0.1) is 0 Å². The van der Waals surface area contributed by atoms with Gasteiger partial charge in [-0.3, -0.25) is 0 Å². The predicted molar refractivity (Wildman–Crippen MR) is 75.2 cm³/mol. The summed E-state index contributed by atoms with van der Waals surface area (Å²) in [6, 6.07) is 0. The quantitative estimate of drug-likeness (QED) is 0.689. The van der Waals surface area contributed by atoms with Crippen LogP contribution < -0.4 is 0 Å². The van der Waals surface area contributed by atoms with E-state index in [9.17, 15) is 0 Å². The van der Waals surface area contributed by atoms with Crippen molar-refractivity contribution in [2.45, 2.75) is 45.3 Å². The average Bonchev–Trinajstić information content (AvgIpc) is 2.15. The third kappa shape index (κ3) is 3.69. The summed E-state index contributed by atoms with van der Waals surface area (Å²) < 4.78 is 0. The molecule has 0 bridgehead atoms. The fourth-order valence-corrected chi connectivity index (χ4v) is 3.25. The predicted octanol–water partition coefficient (Wildman–Crippen LogP) is 3.48. The number of thioether (sulfide) groups is 1. The lowest BCUT2D eigenvalue weighted by molar-refractivity contribution is 0.209. The SMILES string of the molecule is CS[C@@H]1C[C@@H](C(C)(C)C)CC/C1=N/N(C)C. The zero-order chi connectivity index (χ0) is 12.3. The molecule has 0 amide bonds. The topological polar surface area (TPSA) is 15.6 Å². The highest BCUT2D eigenvalue weighted by Crippen LogP contribution is 2.40. The second-order valence-corrected chi connectivity index (χ2v) is 7.04. The molecule has 0 aromatic rings. The average molecular weight is 242 g/mol. The minimum atomic E-state index is 0.442. The van der Waals surface area contributed by atoms with E-state index in [0.717, 1.165) is 5.92 Å². The largest absolute Gasteiger partial charge is 0.303 e. The van der Waals surface area contributed by atoms with Crippen molar-refractivity contribution in [1.29, 1.82) is 0 Å². The van der Waals surface area contributed by atoms with E-state index in [-0.39, 0.29) is 0 Å². The van der Waals surface area contributed by atoms with Gasteiger partial charge in [0.2, 0.25) is 0 Å². The Hall–Kier alpha value is -0.180. The van der Waals surface area contributed by atoms with Crippen molar-refractivity contribution in [1.82, 2.24) is 5.01 Å². The standard InChI is InChI=1S/C13H26N2S/c1-13(2,3)10-7-8-11(14-15(4)5)12(9-10)16-6/h10,12H,7-9H2,1-6H3/b14-11-/t10-,12+/m0/s1. The molecule has 0 radical (unpaired) electrons. The van der Waals surface area contributed by atoms with Crippen LogP contribution in [0.1, 0.15) is 40.0 Å². The van der Waals surface area contributed by atoms with Gasteiger partial charge in [0.05, 0.1) is 5.71 Å². The maximum Gasteiger partial charge on any atom is 0.0510 e. The lowest BCUT2D eigenvalue weighted by Crippen LogP contribution is -2.34. The third-order valence-electron chi connectivity index (χ3n) is 3.46. The van der Waals surface area contributed by atoms with Crippen LogP contribution in [0, 0.1) is 11.3 Å². The molecule has 0 aromatic carbocycles. The van der Waals surface area contributed by atoms with Crippen LogP contribution in [0.5, 0.6) is 0 Å². The number of hydrazone groups is 1. The van der Waals surface area contributed by atoms with Crippen molar-refractivity contribution in [3.63, 3.8) is 0 Å². The maximum atomic E-state index is 4.63. The fourth-order valence-electron chi connectivity index (χ4n) is 2.39. The lowest BCUT2D eigenvalue weighted by Gasteiger charge is -2.38. The summed E-state index contributed by atoms with van der Waals surface area (Å²) in [4.78, 5) is 0. The monoisotopic (exact) mass is 242 g/mol. The molecule has 1 rings (SSSR count). The minimum absolute atomic E-state index is 0.442. The van der Waals surface area contributed by atoms with Crippen LogP contribution in [0.15, 0.2) is 5.10 Å². The maximum absolute atomic E-state index is 4.63. The summed E-state index contributed by atoms with van der Waals surface area (Å²) in [7, 11) is 4.03. The summed E-state index contributed by atoms with van der Waals surface area (Å²) in [5.41, 5.74) is 1.83. The van der Waals surface area contributed by atoms with Gasteiger partial charge in [-0.2, -0.15) is 16.9 Å². The second kappa shape index (κ2) is 5.44. The van der Waals surface area contributed by atoms with Crippen molar-refractivity contribution in [3.05, 3.63) is 0 Å². The summed E-state index contributed by atoms with van der Waals surface area (Å²) in [6.07, 6.45) is 5.97. The van der Waals surface area contributed by atoms with Gasteiger partial charge in [0.1, 0.15) is 0 Å². The molecular formula is C13H26N2S. The second-order valence-electron chi connectivity index (χ2n) is 6.00. The van der Waals surface area contributed by atoms with Gasteiger partial charge >= 0.3 is 0 Å². The van der Waals surface area contributed by atoms with E-state index in [1.807, 2.05) is 30.9 Å². The molecule has 2 nitrogen and oxygen atoms in total. The zero-order valence-corrected chi connectivity index (χ0v) is 12.4. The van der Waals surface area contributed by atoms with Crippen LogP contribution in [-0.2, 0) is 0 Å². The first-order chi connectivity index (χ1) is 7.34. The van der Waals surface area contributed by atoms with E-state index in [2.05, 4.69) is 32.1 Å². The smallest absolute Gasteiger partial charge is 0.0510 e. The van der Waals surface area contributed by atoms with Crippen LogP contribution in [0.2, 0.25) is 0 Å². The van der Waals surface area contributed by atoms with Gasteiger partial charge in [-0.1, -0.05) is 20.8 Å². The first-order valence-corrected chi connectivity index (χ1v) is 7.41. The van der Waals surface area contributed by atoms with Crippen molar-refractivity contribution in [2.24, 2.45) is 16.4 Å². The van der Waals surface area contributed by atoms with Crippen molar-refractivity contribution in [3.8, 4) is 0 Å². The highest BCUT2D eigenvalue weighted by atomic mass is 32.2. The number of hydrogen-bond acceptors (Lipinski definition) is 3. The van der Waals surface area contributed by atoms with E-state index in [1.54, 1.807) is 0 Å². The van der Waals surface area contributed by atoms with E-state index in [4.69, 9.17) is 0 Å². The molecule has 0 spiro atoms. The van der Waals surface area contributed by atoms with Gasteiger partial charge in [-0.25, -0.2) is 0 Å². The Morgan fingerprint density at radius 1 is 1.31 bits per heavy atom. The highest BCUT2D eigenvalue weighted by molar-refractivity contribution is 7.99. The molecule has 1 saturated carbocycles. The number of rotatable bonds is 2. The van der Waals surface area contributed by atoms with Gasteiger partial charge in [0.25, 0.3) is 0 Å². The summed E-state index contributed by atoms with van der Waals surface area (Å²) in [6.45, 7) is 7.09. The van der Waals surface area contributed by atoms with Gasteiger partial charge in [-0.05, 0) is 36.9 Å². The molecule has 0 heterocycles. The Morgan fingerprint density at radius 2 is 1.94 bits per heavy atom. The Kier molecular flexibility index (Phi) is 4.72. The molecule has 0 aromatic heterocycles. The Morgan fingerprint density at radius 3 is 2.38 bits per heavy atom. The Labute approximate surface area is 105 Å². The van der Waals surface area contributed by atoms with Crippen molar-refractivity contribution >= 4 is 17.5 Å². The first-order valence-electron chi connectivity index (χ1n) is 6.12. The van der Waals surface area contributed by atoms with Gasteiger partial charge in [0, 0.05) is 19.3 Å². The summed E-state index contributed by atoms with van der Waals surface area (Å²) in [5, 5.41) is 7.20. The van der Waals surface area contributed by atoms with E-state index in [1.165, 1.54) is 25.0 Å². The Bertz CT molecular complexity index is 253. The van der Waals surface area contributed by atoms with Crippen LogP contribution in [-0.4, -0.2) is 36.3 Å². The molecule has 2 atom stereocenters. The van der Waals surface area contributed by atoms with Gasteiger partial charge < -0.3 is 5.01 Å². The lowest BCUT2D eigenvalue weighted by atomic mass is 9.72. The number of nitrogens with zero attached hydrogens (tertiary/aromatic N) is 2. The molecule has 1 aliphatic rings. The van der Waals surface area contributed by atoms with Crippen LogP contribution in [0.4, 0.5) is 0 Å². The van der Waals surface area contributed by atoms with Crippen LogP contribution >= 0.6 is 11.8 Å². The van der Waals surface area contributed by atoms with E-state index in [0.29, 0.717) is 10.7 Å². The number of hydrogen-bond donors (Lipinski definition) is 0. The molecule has 0 saturated heterocycles. The molecule has 3 heteroatoms. The van der Waals surface area contributed by atoms with E-state index < -0.39 is 0 Å². The van der Waals surface area contributed by atoms with Crippen LogP contribution in [0.3, 0.4) is 0 Å². The Balaban J connectivity index is 2.72. The molecule has 1 aliphatic carbocycles. The van der Waals surface area contributed by atoms with E-state index >= 15 is 0 Å². The zero-order valence-electron chi connectivity index (χ0n) is 11.6. The summed E-state index contributed by atoms with van der Waals surface area (Å²) in [5.74, 6) is 0.839. The third-order valence-corrected chi connectivity index (χ3v) is 4.49. The van der Waals surface area contributed by atoms with Crippen molar-refractivity contribution in [2.75, 3.05) is 20.4 Å². The molecular weight excluding hydrogens is 216 g/mol. The minimum Gasteiger partial charge on any atom is -0.303 e. The summed E-state index contributed by atoms with van der Waals surface area (Å²) >= 11 is 1.96. The molecule has 0 N–H and O–H groups in total. The molecule has 94 valence electrons. The first kappa shape index (κ1) is 13.9. The highest BCUT2D eigenvalue weighted by Gasteiger charge is 2.33. The van der Waals surface area contributed by atoms with Crippen molar-refractivity contribution < 1.29 is 0 Å². The molecule has 0 aliphatic heterocycles.